The van der Waals surface area contributed by atoms with Gasteiger partial charge in [-0.25, -0.2) is 4.79 Å². The van der Waals surface area contributed by atoms with Gasteiger partial charge >= 0.3 is 6.09 Å². The van der Waals surface area contributed by atoms with Gasteiger partial charge in [0.15, 0.2) is 0 Å². The molecule has 1 amide bonds. The van der Waals surface area contributed by atoms with Gasteiger partial charge in [-0.15, -0.1) is 5.06 Å². The molecule has 0 aromatic carbocycles. The Balaban J connectivity index is 1.97. The number of hydrogen-bond acceptors (Lipinski definition) is 2. The summed E-state index contributed by atoms with van der Waals surface area (Å²) in [6, 6.07) is 0. The van der Waals surface area contributed by atoms with Crippen LogP contribution in [0.1, 0.15) is 19.8 Å². The van der Waals surface area contributed by atoms with Crippen LogP contribution in [0.4, 0.5) is 4.79 Å². The van der Waals surface area contributed by atoms with E-state index in [0.717, 1.165) is 19.4 Å². The molecule has 0 radical (unpaired) electrons. The van der Waals surface area contributed by atoms with E-state index in [1.165, 1.54) is 5.06 Å². The Labute approximate surface area is 48.2 Å². The summed E-state index contributed by atoms with van der Waals surface area (Å²) in [7, 11) is 0. The van der Waals surface area contributed by atoms with Crippen molar-refractivity contribution in [3.63, 3.8) is 0 Å². The van der Waals surface area contributed by atoms with Crippen LogP contribution in [-0.2, 0) is 4.84 Å². The topological polar surface area (TPSA) is 32.6 Å². The van der Waals surface area contributed by atoms with E-state index >= 15 is 0 Å². The van der Waals surface area contributed by atoms with Crippen LogP contribution in [0.25, 0.3) is 0 Å². The van der Waals surface area contributed by atoms with E-state index in [9.17, 15) is 4.79 Å². The lowest BCUT2D eigenvalue weighted by Gasteiger charge is -1.87. The fourth-order valence-electron chi connectivity index (χ4n) is 0.513. The van der Waals surface area contributed by atoms with Crippen molar-refractivity contribution in [2.45, 2.75) is 19.8 Å². The summed E-state index contributed by atoms with van der Waals surface area (Å²) in [6.45, 7) is 2.84. The Morgan fingerprint density at radius 1 is 1.75 bits per heavy atom. The molecule has 0 N–H and O–H groups in total. The van der Waals surface area contributed by atoms with Gasteiger partial charge in [0.05, 0.1) is 6.54 Å². The Morgan fingerprint density at radius 3 is 2.75 bits per heavy atom. The predicted molar refractivity (Wildman–Crippen MR) is 28.1 cm³/mol. The van der Waals surface area contributed by atoms with Gasteiger partial charge in [0.2, 0.25) is 0 Å². The highest BCUT2D eigenvalue weighted by Crippen LogP contribution is 2.11. The fraction of sp³-hybridized carbons (Fsp3) is 0.800. The minimum absolute atomic E-state index is 0.182. The average Bonchev–Trinajstić information content (AvgIpc) is 2.42. The van der Waals surface area contributed by atoms with Crippen molar-refractivity contribution < 1.29 is 9.63 Å². The lowest BCUT2D eigenvalue weighted by Crippen LogP contribution is -1.98. The maximum absolute atomic E-state index is 10.1. The maximum atomic E-state index is 10.1. The summed E-state index contributed by atoms with van der Waals surface area (Å²) >= 11 is 0. The second kappa shape index (κ2) is 2.03. The molecule has 1 fully saturated rings. The summed E-state index contributed by atoms with van der Waals surface area (Å²) in [5, 5.41) is 1.36. The number of carbonyl (C=O) groups excluding carboxylic acids is 1. The van der Waals surface area contributed by atoms with Crippen LogP contribution < -0.4 is 0 Å². The van der Waals surface area contributed by atoms with Crippen LogP contribution >= 0.6 is 0 Å². The van der Waals surface area contributed by atoms with E-state index in [1.54, 1.807) is 0 Å². The smallest absolute Gasteiger partial charge is 0.314 e. The molecule has 1 aliphatic heterocycles. The normalized spacial score (nSPS) is 16.1. The lowest BCUT2D eigenvalue weighted by atomic mass is 10.3. The number of unbranched alkanes of at least 4 members (excludes halogenated alkanes) is 1. The molecule has 0 bridgehead atoms. The number of amides is 1. The molecule has 0 spiro atoms. The summed E-state index contributed by atoms with van der Waals surface area (Å²) in [4.78, 5) is 14.5. The lowest BCUT2D eigenvalue weighted by molar-refractivity contribution is 0.197. The quantitative estimate of drug-likeness (QED) is 0.517. The van der Waals surface area contributed by atoms with Gasteiger partial charge in [-0.2, -0.15) is 0 Å². The highest BCUT2D eigenvalue weighted by atomic mass is 16.9. The van der Waals surface area contributed by atoms with Crippen molar-refractivity contribution in [1.82, 2.24) is 5.06 Å². The van der Waals surface area contributed by atoms with Crippen LogP contribution in [0, 0.1) is 0 Å². The molecule has 1 aliphatic rings. The van der Waals surface area contributed by atoms with Crippen LogP contribution in [0.5, 0.6) is 0 Å². The number of carbonyl (C=O) groups is 1. The highest BCUT2D eigenvalue weighted by molar-refractivity contribution is 5.76. The van der Waals surface area contributed by atoms with E-state index in [1.807, 2.05) is 0 Å². The second-order valence-corrected chi connectivity index (χ2v) is 1.81. The largest absolute Gasteiger partial charge is 0.468 e. The van der Waals surface area contributed by atoms with Crippen molar-refractivity contribution >= 4 is 6.09 Å². The minimum atomic E-state index is -0.182. The third-order valence-electron chi connectivity index (χ3n) is 1.07. The Hall–Kier alpha value is -0.730. The van der Waals surface area contributed by atoms with Crippen molar-refractivity contribution in [3.05, 3.63) is 0 Å². The summed E-state index contributed by atoms with van der Waals surface area (Å²) in [6.07, 6.45) is 1.96. The van der Waals surface area contributed by atoms with Gasteiger partial charge in [0.25, 0.3) is 0 Å². The molecular formula is C5H9NO2. The van der Waals surface area contributed by atoms with Gasteiger partial charge in [-0.05, 0) is 6.42 Å². The minimum Gasteiger partial charge on any atom is -0.314 e. The molecule has 0 aromatic rings. The third-order valence-corrected chi connectivity index (χ3v) is 1.07. The molecule has 0 saturated carbocycles. The molecule has 0 unspecified atom stereocenters. The van der Waals surface area contributed by atoms with E-state index < -0.39 is 0 Å². The standard InChI is InChI=1S/C5H9NO2/c1-2-3-4-6-5(7)8-6/h2-4H2,1H3. The first-order valence-corrected chi connectivity index (χ1v) is 2.84. The monoisotopic (exact) mass is 115 g/mol. The van der Waals surface area contributed by atoms with Crippen LogP contribution in [0.2, 0.25) is 0 Å². The molecule has 0 aromatic heterocycles. The third kappa shape index (κ3) is 1.12. The highest BCUT2D eigenvalue weighted by Gasteiger charge is 2.32. The molecular weight excluding hydrogens is 106 g/mol. The van der Waals surface area contributed by atoms with Gasteiger partial charge in [0.1, 0.15) is 0 Å². The first-order valence-electron chi connectivity index (χ1n) is 2.84. The first-order chi connectivity index (χ1) is 3.84. The van der Waals surface area contributed by atoms with Crippen LogP contribution in [0.3, 0.4) is 0 Å². The molecule has 1 heterocycles. The number of rotatable bonds is 3. The molecule has 46 valence electrons. The molecule has 0 aliphatic carbocycles. The van der Waals surface area contributed by atoms with Gasteiger partial charge in [-0.1, -0.05) is 13.3 Å². The van der Waals surface area contributed by atoms with Crippen molar-refractivity contribution in [2.24, 2.45) is 0 Å². The summed E-state index contributed by atoms with van der Waals surface area (Å²) < 4.78 is 0. The van der Waals surface area contributed by atoms with Crippen LogP contribution in [-0.4, -0.2) is 17.7 Å². The molecule has 3 heteroatoms. The summed E-state index contributed by atoms with van der Waals surface area (Å²) in [5.41, 5.74) is 0. The van der Waals surface area contributed by atoms with Crippen molar-refractivity contribution in [1.29, 1.82) is 0 Å². The Morgan fingerprint density at radius 2 is 2.38 bits per heavy atom. The zero-order valence-electron chi connectivity index (χ0n) is 4.89. The van der Waals surface area contributed by atoms with Gasteiger partial charge in [0, 0.05) is 0 Å². The maximum Gasteiger partial charge on any atom is 0.468 e. The average molecular weight is 115 g/mol. The Kier molecular flexibility index (Phi) is 1.37. The molecule has 3 nitrogen and oxygen atoms in total. The number of hydrogen-bond donors (Lipinski definition) is 0. The number of hydroxylamine groups is 2. The SMILES string of the molecule is CCCCN1OC1=O. The molecule has 1 rings (SSSR count). The fourth-order valence-corrected chi connectivity index (χ4v) is 0.513. The van der Waals surface area contributed by atoms with Crippen molar-refractivity contribution in [3.8, 4) is 0 Å². The summed E-state index contributed by atoms with van der Waals surface area (Å²) in [5.74, 6) is 0. The zero-order chi connectivity index (χ0) is 5.98. The Bertz CT molecular complexity index is 103. The first kappa shape index (κ1) is 5.41. The zero-order valence-corrected chi connectivity index (χ0v) is 4.89. The molecule has 8 heavy (non-hydrogen) atoms. The number of nitrogens with zero attached hydrogens (tertiary/aromatic N) is 1. The molecule has 0 atom stereocenters. The second-order valence-electron chi connectivity index (χ2n) is 1.81. The van der Waals surface area contributed by atoms with E-state index in [2.05, 4.69) is 11.8 Å². The van der Waals surface area contributed by atoms with Gasteiger partial charge in [-0.3, -0.25) is 0 Å². The van der Waals surface area contributed by atoms with Crippen molar-refractivity contribution in [2.75, 3.05) is 6.54 Å². The van der Waals surface area contributed by atoms with E-state index in [-0.39, 0.29) is 6.09 Å². The van der Waals surface area contributed by atoms with E-state index in [0.29, 0.717) is 0 Å². The molecule has 1 saturated heterocycles. The van der Waals surface area contributed by atoms with Gasteiger partial charge < -0.3 is 4.84 Å². The van der Waals surface area contributed by atoms with E-state index in [4.69, 9.17) is 0 Å². The van der Waals surface area contributed by atoms with Crippen LogP contribution in [0.15, 0.2) is 0 Å². The predicted octanol–water partition coefficient (Wildman–Crippen LogP) is 1.15.